The van der Waals surface area contributed by atoms with Gasteiger partial charge in [-0.05, 0) is 37.1 Å². The fourth-order valence-corrected chi connectivity index (χ4v) is 2.72. The molecule has 2 aromatic rings. The zero-order chi connectivity index (χ0) is 18.7. The second-order valence-electron chi connectivity index (χ2n) is 6.16. The van der Waals surface area contributed by atoms with Gasteiger partial charge in [-0.1, -0.05) is 30.7 Å². The maximum Gasteiger partial charge on any atom is 0.417 e. The Morgan fingerprint density at radius 1 is 0.885 bits per heavy atom. The molecule has 0 atom stereocenters. The molecule has 0 bridgehead atoms. The van der Waals surface area contributed by atoms with Crippen molar-refractivity contribution >= 4 is 23.2 Å². The van der Waals surface area contributed by atoms with Gasteiger partial charge in [0.25, 0.3) is 5.91 Å². The Balaban J connectivity index is 1.81. The second kappa shape index (κ2) is 7.19. The van der Waals surface area contributed by atoms with Gasteiger partial charge >= 0.3 is 6.18 Å². The molecule has 136 valence electrons. The minimum Gasteiger partial charge on any atom is -0.324 e. The van der Waals surface area contributed by atoms with E-state index in [1.54, 1.807) is 18.2 Å². The number of hydrogen-bond donors (Lipinski definition) is 2. The topological polar surface area (TPSA) is 58.2 Å². The lowest BCUT2D eigenvalue weighted by atomic mass is 9.85. The number of rotatable bonds is 4. The molecule has 0 unspecified atom stereocenters. The Morgan fingerprint density at radius 2 is 1.46 bits per heavy atom. The van der Waals surface area contributed by atoms with Crippen LogP contribution in [0.5, 0.6) is 0 Å². The number of halogens is 3. The Kier molecular flexibility index (Phi) is 4.97. The molecule has 0 heterocycles. The van der Waals surface area contributed by atoms with Crippen LogP contribution in [0.4, 0.5) is 24.5 Å². The van der Waals surface area contributed by atoms with Crippen LogP contribution in [0.1, 0.15) is 35.2 Å². The van der Waals surface area contributed by atoms with E-state index in [0.717, 1.165) is 31.4 Å². The summed E-state index contributed by atoms with van der Waals surface area (Å²) in [7, 11) is 0. The van der Waals surface area contributed by atoms with E-state index < -0.39 is 23.2 Å². The molecule has 2 N–H and O–H groups in total. The molecular formula is C19H17F3N2O2. The van der Waals surface area contributed by atoms with E-state index in [2.05, 4.69) is 10.6 Å². The lowest BCUT2D eigenvalue weighted by Gasteiger charge is -2.24. The third-order valence-electron chi connectivity index (χ3n) is 4.39. The monoisotopic (exact) mass is 362 g/mol. The summed E-state index contributed by atoms with van der Waals surface area (Å²) in [5.74, 6) is -1.08. The second-order valence-corrected chi connectivity index (χ2v) is 6.16. The average molecular weight is 362 g/mol. The van der Waals surface area contributed by atoms with E-state index in [0.29, 0.717) is 5.69 Å². The highest BCUT2D eigenvalue weighted by molar-refractivity contribution is 6.08. The minimum atomic E-state index is -4.63. The molecule has 3 rings (SSSR count). The number of amides is 2. The van der Waals surface area contributed by atoms with Crippen molar-refractivity contribution < 1.29 is 22.8 Å². The number of para-hydroxylation sites is 2. The number of carbonyl (C=O) groups excluding carboxylic acids is 2. The first-order chi connectivity index (χ1) is 12.4. The van der Waals surface area contributed by atoms with E-state index >= 15 is 0 Å². The molecule has 1 saturated carbocycles. The molecule has 0 spiro atoms. The third kappa shape index (κ3) is 3.87. The fraction of sp³-hybridized carbons (Fsp3) is 0.263. The van der Waals surface area contributed by atoms with Crippen molar-refractivity contribution in [3.63, 3.8) is 0 Å². The van der Waals surface area contributed by atoms with Gasteiger partial charge in [-0.3, -0.25) is 9.59 Å². The van der Waals surface area contributed by atoms with Gasteiger partial charge in [0.05, 0.1) is 22.5 Å². The number of nitrogens with one attached hydrogen (secondary N) is 2. The van der Waals surface area contributed by atoms with E-state index in [9.17, 15) is 22.8 Å². The van der Waals surface area contributed by atoms with Gasteiger partial charge in [-0.15, -0.1) is 0 Å². The van der Waals surface area contributed by atoms with Crippen LogP contribution in [0.2, 0.25) is 0 Å². The predicted molar refractivity (Wildman–Crippen MR) is 91.8 cm³/mol. The number of carbonyl (C=O) groups is 2. The highest BCUT2D eigenvalue weighted by Gasteiger charge is 2.35. The van der Waals surface area contributed by atoms with Crippen molar-refractivity contribution in [1.29, 1.82) is 0 Å². The molecule has 1 aliphatic carbocycles. The van der Waals surface area contributed by atoms with Gasteiger partial charge in [0.1, 0.15) is 0 Å². The van der Waals surface area contributed by atoms with E-state index in [1.165, 1.54) is 18.2 Å². The lowest BCUT2D eigenvalue weighted by molar-refractivity contribution is -0.137. The van der Waals surface area contributed by atoms with Crippen molar-refractivity contribution in [2.24, 2.45) is 5.92 Å². The summed E-state index contributed by atoms with van der Waals surface area (Å²) in [5, 5.41) is 5.20. The quantitative estimate of drug-likeness (QED) is 0.829. The van der Waals surface area contributed by atoms with Gasteiger partial charge in [0, 0.05) is 5.92 Å². The molecule has 0 saturated heterocycles. The molecule has 1 aliphatic rings. The lowest BCUT2D eigenvalue weighted by Crippen LogP contribution is -2.28. The van der Waals surface area contributed by atoms with Gasteiger partial charge in [0.2, 0.25) is 5.91 Å². The summed E-state index contributed by atoms with van der Waals surface area (Å²) in [5.41, 5.74) is -0.863. The average Bonchev–Trinajstić information content (AvgIpc) is 2.54. The highest BCUT2D eigenvalue weighted by Crippen LogP contribution is 2.33. The molecular weight excluding hydrogens is 345 g/mol. The maximum absolute atomic E-state index is 13.1. The smallest absolute Gasteiger partial charge is 0.324 e. The summed E-state index contributed by atoms with van der Waals surface area (Å²) in [4.78, 5) is 24.5. The maximum atomic E-state index is 13.1. The third-order valence-corrected chi connectivity index (χ3v) is 4.39. The molecule has 0 radical (unpaired) electrons. The highest BCUT2D eigenvalue weighted by atomic mass is 19.4. The van der Waals surface area contributed by atoms with Gasteiger partial charge in [-0.2, -0.15) is 13.2 Å². The molecule has 0 aliphatic heterocycles. The number of alkyl halides is 3. The fourth-order valence-electron chi connectivity index (χ4n) is 2.72. The molecule has 2 amide bonds. The zero-order valence-electron chi connectivity index (χ0n) is 13.8. The molecule has 26 heavy (non-hydrogen) atoms. The van der Waals surface area contributed by atoms with Crippen LogP contribution < -0.4 is 10.6 Å². The van der Waals surface area contributed by atoms with Crippen molar-refractivity contribution in [2.75, 3.05) is 10.6 Å². The van der Waals surface area contributed by atoms with Crippen LogP contribution in [0.3, 0.4) is 0 Å². The summed E-state index contributed by atoms with van der Waals surface area (Å²) in [6.45, 7) is 0. The SMILES string of the molecule is O=C(Nc1ccccc1NC(=O)C1CCC1)c1ccccc1C(F)(F)F. The zero-order valence-corrected chi connectivity index (χ0v) is 13.8. The van der Waals surface area contributed by atoms with Crippen LogP contribution in [-0.4, -0.2) is 11.8 Å². The Hall–Kier alpha value is -2.83. The van der Waals surface area contributed by atoms with Gasteiger partial charge < -0.3 is 10.6 Å². The summed E-state index contributed by atoms with van der Waals surface area (Å²) in [6, 6.07) is 11.0. The first-order valence-corrected chi connectivity index (χ1v) is 8.24. The van der Waals surface area contributed by atoms with Gasteiger partial charge in [0.15, 0.2) is 0 Å². The van der Waals surface area contributed by atoms with Crippen LogP contribution in [-0.2, 0) is 11.0 Å². The summed E-state index contributed by atoms with van der Waals surface area (Å²) in [6.07, 6.45) is -1.99. The Labute approximate surface area is 148 Å². The van der Waals surface area contributed by atoms with Crippen LogP contribution in [0.25, 0.3) is 0 Å². The first kappa shape index (κ1) is 18.0. The number of anilines is 2. The van der Waals surface area contributed by atoms with E-state index in [-0.39, 0.29) is 17.5 Å². The minimum absolute atomic E-state index is 0.0512. The van der Waals surface area contributed by atoms with Crippen LogP contribution >= 0.6 is 0 Å². The first-order valence-electron chi connectivity index (χ1n) is 8.24. The van der Waals surface area contributed by atoms with Gasteiger partial charge in [-0.25, -0.2) is 0 Å². The normalized spacial score (nSPS) is 14.4. The Bertz CT molecular complexity index is 830. The Morgan fingerprint density at radius 3 is 2.04 bits per heavy atom. The summed E-state index contributed by atoms with van der Waals surface area (Å²) < 4.78 is 39.3. The van der Waals surface area contributed by atoms with Crippen LogP contribution in [0.15, 0.2) is 48.5 Å². The molecule has 1 fully saturated rings. The predicted octanol–water partition coefficient (Wildman–Crippen LogP) is 4.70. The van der Waals surface area contributed by atoms with Crippen molar-refractivity contribution in [1.82, 2.24) is 0 Å². The number of benzene rings is 2. The summed E-state index contributed by atoms with van der Waals surface area (Å²) >= 11 is 0. The molecule has 4 nitrogen and oxygen atoms in total. The molecule has 7 heteroatoms. The van der Waals surface area contributed by atoms with Crippen LogP contribution in [0, 0.1) is 5.92 Å². The molecule has 0 aromatic heterocycles. The van der Waals surface area contributed by atoms with Crippen molar-refractivity contribution in [3.8, 4) is 0 Å². The van der Waals surface area contributed by atoms with Crippen molar-refractivity contribution in [2.45, 2.75) is 25.4 Å². The largest absolute Gasteiger partial charge is 0.417 e. The number of hydrogen-bond acceptors (Lipinski definition) is 2. The van der Waals surface area contributed by atoms with E-state index in [1.807, 2.05) is 0 Å². The van der Waals surface area contributed by atoms with Crippen molar-refractivity contribution in [3.05, 3.63) is 59.7 Å². The van der Waals surface area contributed by atoms with E-state index in [4.69, 9.17) is 0 Å². The molecule has 2 aromatic carbocycles. The standard InChI is InChI=1S/C19H17F3N2O2/c20-19(21,22)14-9-2-1-8-13(14)18(26)24-16-11-4-3-10-15(16)23-17(25)12-6-5-7-12/h1-4,8-12H,5-7H2,(H,23,25)(H,24,26).